The third kappa shape index (κ3) is 2.95. The summed E-state index contributed by atoms with van der Waals surface area (Å²) in [7, 11) is 0. The Bertz CT molecular complexity index is 669. The molecule has 10 heteroatoms. The molecule has 1 aromatic heterocycles. The molecule has 2 aromatic rings. The van der Waals surface area contributed by atoms with Crippen molar-refractivity contribution >= 4 is 39.0 Å². The molecule has 0 spiro atoms. The van der Waals surface area contributed by atoms with Gasteiger partial charge >= 0.3 is 0 Å². The average molecular weight is 361 g/mol. The van der Waals surface area contributed by atoms with Crippen molar-refractivity contribution in [1.82, 2.24) is 9.97 Å². The Kier molecular flexibility index (Phi) is 4.32. The standard InChI is InChI=1S/C10H7BrClN5O3/c11-8-9(16-13)14-4-15-10(8)20-7-3-5(17(18)19)1-2-6(7)12/h1-4H,13H2,(H,14,15,16). The van der Waals surface area contributed by atoms with E-state index >= 15 is 0 Å². The van der Waals surface area contributed by atoms with Gasteiger partial charge in [0.2, 0.25) is 5.88 Å². The lowest BCUT2D eigenvalue weighted by Gasteiger charge is -2.09. The summed E-state index contributed by atoms with van der Waals surface area (Å²) in [6, 6.07) is 3.84. The van der Waals surface area contributed by atoms with Crippen LogP contribution < -0.4 is 16.0 Å². The number of nitrogens with one attached hydrogen (secondary N) is 1. The number of non-ortho nitro benzene ring substituents is 1. The van der Waals surface area contributed by atoms with E-state index in [4.69, 9.17) is 22.2 Å². The molecule has 8 nitrogen and oxygen atoms in total. The molecule has 0 unspecified atom stereocenters. The van der Waals surface area contributed by atoms with E-state index in [-0.39, 0.29) is 22.3 Å². The zero-order valence-corrected chi connectivity index (χ0v) is 12.1. The monoisotopic (exact) mass is 359 g/mol. The van der Waals surface area contributed by atoms with Crippen LogP contribution in [-0.4, -0.2) is 14.9 Å². The summed E-state index contributed by atoms with van der Waals surface area (Å²) >= 11 is 9.13. The lowest BCUT2D eigenvalue weighted by atomic mass is 10.3. The maximum atomic E-state index is 10.7. The average Bonchev–Trinajstić information content (AvgIpc) is 2.43. The Hall–Kier alpha value is -1.97. The summed E-state index contributed by atoms with van der Waals surface area (Å²) in [5.74, 6) is 5.79. The number of hydrazine groups is 1. The molecule has 104 valence electrons. The van der Waals surface area contributed by atoms with Crippen LogP contribution in [0.5, 0.6) is 11.6 Å². The third-order valence-electron chi connectivity index (χ3n) is 2.23. The van der Waals surface area contributed by atoms with Crippen molar-refractivity contribution in [3.63, 3.8) is 0 Å². The van der Waals surface area contributed by atoms with Gasteiger partial charge in [-0.1, -0.05) is 11.6 Å². The van der Waals surface area contributed by atoms with E-state index < -0.39 is 4.92 Å². The number of nitrogens with zero attached hydrogens (tertiary/aromatic N) is 3. The number of nitro benzene ring substituents is 1. The van der Waals surface area contributed by atoms with Crippen molar-refractivity contribution in [2.45, 2.75) is 0 Å². The molecule has 1 heterocycles. The molecule has 0 saturated carbocycles. The van der Waals surface area contributed by atoms with Crippen LogP contribution >= 0.6 is 27.5 Å². The van der Waals surface area contributed by atoms with Gasteiger partial charge in [-0.2, -0.15) is 0 Å². The Morgan fingerprint density at radius 3 is 2.85 bits per heavy atom. The summed E-state index contributed by atoms with van der Waals surface area (Å²) in [5, 5.41) is 10.9. The van der Waals surface area contributed by atoms with Crippen LogP contribution in [-0.2, 0) is 0 Å². The van der Waals surface area contributed by atoms with Crippen molar-refractivity contribution in [2.24, 2.45) is 5.84 Å². The first-order valence-electron chi connectivity index (χ1n) is 5.12. The molecule has 0 aliphatic heterocycles. The fourth-order valence-corrected chi connectivity index (χ4v) is 1.87. The molecular formula is C10H7BrClN5O3. The van der Waals surface area contributed by atoms with Gasteiger partial charge in [-0.05, 0) is 22.0 Å². The van der Waals surface area contributed by atoms with Crippen molar-refractivity contribution in [1.29, 1.82) is 0 Å². The van der Waals surface area contributed by atoms with Crippen LogP contribution in [0.4, 0.5) is 11.5 Å². The van der Waals surface area contributed by atoms with Crippen molar-refractivity contribution in [3.05, 3.63) is 44.1 Å². The van der Waals surface area contributed by atoms with Crippen LogP contribution in [0.2, 0.25) is 5.02 Å². The van der Waals surface area contributed by atoms with E-state index in [1.54, 1.807) is 0 Å². The van der Waals surface area contributed by atoms with Crippen LogP contribution in [0.1, 0.15) is 0 Å². The largest absolute Gasteiger partial charge is 0.436 e. The predicted molar refractivity (Wildman–Crippen MR) is 75.7 cm³/mol. The van der Waals surface area contributed by atoms with E-state index in [1.165, 1.54) is 24.5 Å². The van der Waals surface area contributed by atoms with Gasteiger partial charge in [-0.15, -0.1) is 0 Å². The second kappa shape index (κ2) is 5.99. The molecule has 3 N–H and O–H groups in total. The summed E-state index contributed by atoms with van der Waals surface area (Å²) in [5.41, 5.74) is 2.20. The minimum atomic E-state index is -0.551. The summed E-state index contributed by atoms with van der Waals surface area (Å²) in [6.07, 6.45) is 1.22. The van der Waals surface area contributed by atoms with Gasteiger partial charge in [-0.25, -0.2) is 15.8 Å². The first-order valence-corrected chi connectivity index (χ1v) is 6.29. The molecule has 1 aromatic carbocycles. The summed E-state index contributed by atoms with van der Waals surface area (Å²) < 4.78 is 5.81. The van der Waals surface area contributed by atoms with Gasteiger partial charge in [0, 0.05) is 6.07 Å². The first-order chi connectivity index (χ1) is 9.52. The molecule has 0 atom stereocenters. The number of nitro groups is 1. The van der Waals surface area contributed by atoms with Gasteiger partial charge in [0.15, 0.2) is 11.6 Å². The van der Waals surface area contributed by atoms with Gasteiger partial charge in [-0.3, -0.25) is 10.1 Å². The van der Waals surface area contributed by atoms with Gasteiger partial charge in [0.25, 0.3) is 5.69 Å². The first kappa shape index (κ1) is 14.4. The SMILES string of the molecule is NNc1ncnc(Oc2cc([N+](=O)[O-])ccc2Cl)c1Br. The van der Waals surface area contributed by atoms with Crippen molar-refractivity contribution in [3.8, 4) is 11.6 Å². The highest BCUT2D eigenvalue weighted by molar-refractivity contribution is 9.10. The lowest BCUT2D eigenvalue weighted by Crippen LogP contribution is -2.09. The molecule has 0 amide bonds. The van der Waals surface area contributed by atoms with E-state index in [1.807, 2.05) is 0 Å². The highest BCUT2D eigenvalue weighted by Crippen LogP contribution is 2.36. The molecule has 0 bridgehead atoms. The molecule has 0 fully saturated rings. The quantitative estimate of drug-likeness (QED) is 0.489. The van der Waals surface area contributed by atoms with E-state index in [0.29, 0.717) is 10.3 Å². The Balaban J connectivity index is 2.39. The highest BCUT2D eigenvalue weighted by Gasteiger charge is 2.15. The Morgan fingerprint density at radius 2 is 2.20 bits per heavy atom. The maximum Gasteiger partial charge on any atom is 0.273 e. The number of ether oxygens (including phenoxy) is 1. The number of hydrogen-bond donors (Lipinski definition) is 2. The van der Waals surface area contributed by atoms with E-state index in [9.17, 15) is 10.1 Å². The molecule has 0 aliphatic rings. The van der Waals surface area contributed by atoms with Crippen LogP contribution in [0.25, 0.3) is 0 Å². The summed E-state index contributed by atoms with van der Waals surface area (Å²) in [4.78, 5) is 17.9. The smallest absolute Gasteiger partial charge is 0.273 e. The highest BCUT2D eigenvalue weighted by atomic mass is 79.9. The minimum Gasteiger partial charge on any atom is -0.436 e. The second-order valence-corrected chi connectivity index (χ2v) is 4.66. The van der Waals surface area contributed by atoms with Crippen LogP contribution in [0.3, 0.4) is 0 Å². The van der Waals surface area contributed by atoms with E-state index in [2.05, 4.69) is 31.3 Å². The van der Waals surface area contributed by atoms with Crippen molar-refractivity contribution < 1.29 is 9.66 Å². The predicted octanol–water partition coefficient (Wildman–Crippen LogP) is 2.88. The second-order valence-electron chi connectivity index (χ2n) is 3.46. The summed E-state index contributed by atoms with van der Waals surface area (Å²) in [6.45, 7) is 0. The van der Waals surface area contributed by atoms with Gasteiger partial charge in [0.05, 0.1) is 16.0 Å². The number of rotatable bonds is 4. The van der Waals surface area contributed by atoms with Crippen LogP contribution in [0.15, 0.2) is 29.0 Å². The number of halogens is 2. The number of benzene rings is 1. The maximum absolute atomic E-state index is 10.7. The number of nitrogen functional groups attached to an aromatic ring is 1. The molecule has 0 aliphatic carbocycles. The lowest BCUT2D eigenvalue weighted by molar-refractivity contribution is -0.384. The van der Waals surface area contributed by atoms with Crippen molar-refractivity contribution in [2.75, 3.05) is 5.43 Å². The van der Waals surface area contributed by atoms with Gasteiger partial charge in [0.1, 0.15) is 10.8 Å². The fraction of sp³-hybridized carbons (Fsp3) is 0. The molecule has 0 radical (unpaired) electrons. The number of anilines is 1. The number of hydrogen-bond acceptors (Lipinski definition) is 7. The zero-order chi connectivity index (χ0) is 14.7. The molecule has 0 saturated heterocycles. The third-order valence-corrected chi connectivity index (χ3v) is 3.25. The van der Waals surface area contributed by atoms with E-state index in [0.717, 1.165) is 0 Å². The molecule has 20 heavy (non-hydrogen) atoms. The van der Waals surface area contributed by atoms with Crippen LogP contribution in [0, 0.1) is 10.1 Å². The van der Waals surface area contributed by atoms with Gasteiger partial charge < -0.3 is 10.2 Å². The molecular weight excluding hydrogens is 353 g/mol. The Morgan fingerprint density at radius 1 is 1.45 bits per heavy atom. The minimum absolute atomic E-state index is 0.100. The Labute approximate surface area is 126 Å². The topological polar surface area (TPSA) is 116 Å². The normalized spacial score (nSPS) is 10.2. The number of aromatic nitrogens is 2. The number of nitrogens with two attached hydrogens (primary N) is 1. The zero-order valence-electron chi connectivity index (χ0n) is 9.71. The fourth-order valence-electron chi connectivity index (χ4n) is 1.31. The molecule has 2 rings (SSSR count).